The second kappa shape index (κ2) is 16.5. The monoisotopic (exact) mass is 814 g/mol. The Morgan fingerprint density at radius 3 is 1.29 bits per heavy atom. The van der Waals surface area contributed by atoms with Crippen LogP contribution in [0.4, 0.5) is 34.1 Å². The molecule has 0 aliphatic carbocycles. The Labute approximate surface area is 361 Å². The van der Waals surface area contributed by atoms with Crippen LogP contribution >= 0.6 is 0 Å². The van der Waals surface area contributed by atoms with Crippen molar-refractivity contribution in [1.29, 1.82) is 0 Å². The number of anilines is 2. The number of rotatable bonds is 10. The third kappa shape index (κ3) is 7.88. The molecule has 270 valence electrons. The van der Waals surface area contributed by atoms with E-state index in [1.807, 2.05) is 50.2 Å². The molecule has 0 saturated heterocycles. The average Bonchev–Trinajstić information content (AvgIpc) is 3.35. The van der Waals surface area contributed by atoms with Gasteiger partial charge in [0.2, 0.25) is 9.84 Å². The second-order valence-corrected chi connectivity index (χ2v) is 16.3. The molecule has 0 aromatic heterocycles. The molecule has 14 nitrogen and oxygen atoms in total. The molecule has 0 amide bonds. The Balaban J connectivity index is 0.00000290. The minimum atomic E-state index is -5.63. The molecule has 19 heteroatoms. The molecular formula is C36H28N6Na2O8S3. The van der Waals surface area contributed by atoms with Gasteiger partial charge in [-0.05, 0) is 48.9 Å². The second-order valence-electron chi connectivity index (χ2n) is 11.8. The zero-order valence-corrected chi connectivity index (χ0v) is 36.4. The minimum Gasteiger partial charge on any atom is -0.744 e. The van der Waals surface area contributed by atoms with Crippen molar-refractivity contribution in [2.24, 2.45) is 20.5 Å². The Morgan fingerprint density at radius 1 is 0.545 bits per heavy atom. The van der Waals surface area contributed by atoms with Gasteiger partial charge in [-0.3, -0.25) is 0 Å². The maximum absolute atomic E-state index is 14.3. The molecule has 6 aromatic rings. The molecule has 0 atom stereocenters. The summed E-state index contributed by atoms with van der Waals surface area (Å²) in [6.45, 7) is 4.72. The van der Waals surface area contributed by atoms with Crippen molar-refractivity contribution < 1.29 is 93.5 Å². The number of sulfone groups is 1. The van der Waals surface area contributed by atoms with Gasteiger partial charge < -0.3 is 19.7 Å². The number of nitrogens with one attached hydrogen (secondary N) is 2. The summed E-state index contributed by atoms with van der Waals surface area (Å²) in [7, 11) is -16.4. The van der Waals surface area contributed by atoms with Crippen LogP contribution in [0.5, 0.6) is 0 Å². The Kier molecular flexibility index (Phi) is 12.8. The zero-order valence-electron chi connectivity index (χ0n) is 29.9. The van der Waals surface area contributed by atoms with Gasteiger partial charge >= 0.3 is 59.1 Å². The summed E-state index contributed by atoms with van der Waals surface area (Å²) >= 11 is 0. The van der Waals surface area contributed by atoms with E-state index in [0.717, 1.165) is 22.9 Å². The van der Waals surface area contributed by atoms with Crippen LogP contribution in [0, 0.1) is 0 Å². The van der Waals surface area contributed by atoms with Gasteiger partial charge in [-0.15, -0.1) is 20.5 Å². The predicted octanol–water partition coefficient (Wildman–Crippen LogP) is 2.32. The van der Waals surface area contributed by atoms with E-state index in [2.05, 4.69) is 31.1 Å². The molecule has 0 saturated carbocycles. The van der Waals surface area contributed by atoms with Gasteiger partial charge in [0, 0.05) is 35.0 Å². The first kappa shape index (κ1) is 42.6. The summed E-state index contributed by atoms with van der Waals surface area (Å²) in [5.74, 6) is 0. The summed E-state index contributed by atoms with van der Waals surface area (Å²) < 4.78 is 106. The van der Waals surface area contributed by atoms with Gasteiger partial charge in [-0.25, -0.2) is 25.3 Å². The topological polar surface area (TPSA) is 222 Å². The van der Waals surface area contributed by atoms with Crippen molar-refractivity contribution in [2.75, 3.05) is 23.7 Å². The molecule has 0 spiro atoms. The van der Waals surface area contributed by atoms with E-state index in [1.165, 1.54) is 12.1 Å². The third-order valence-corrected chi connectivity index (χ3v) is 12.6. The molecule has 0 radical (unpaired) electrons. The van der Waals surface area contributed by atoms with Crippen LogP contribution in [0.1, 0.15) is 13.8 Å². The van der Waals surface area contributed by atoms with Gasteiger partial charge in [-0.1, -0.05) is 72.8 Å². The van der Waals surface area contributed by atoms with Gasteiger partial charge in [0.15, 0.2) is 0 Å². The van der Waals surface area contributed by atoms with Crippen LogP contribution in [0.2, 0.25) is 0 Å². The first-order chi connectivity index (χ1) is 25.3. The molecule has 0 unspecified atom stereocenters. The maximum atomic E-state index is 14.3. The summed E-state index contributed by atoms with van der Waals surface area (Å²) in [4.78, 5) is -4.54. The molecule has 6 aromatic carbocycles. The smallest absolute Gasteiger partial charge is 0.744 e. The number of azo groups is 2. The van der Waals surface area contributed by atoms with E-state index < -0.39 is 61.0 Å². The Morgan fingerprint density at radius 2 is 0.927 bits per heavy atom. The van der Waals surface area contributed by atoms with E-state index in [4.69, 9.17) is 0 Å². The largest absolute Gasteiger partial charge is 1.00 e. The molecule has 1 heterocycles. The molecule has 1 aliphatic heterocycles. The third-order valence-electron chi connectivity index (χ3n) is 8.56. The molecule has 55 heavy (non-hydrogen) atoms. The summed E-state index contributed by atoms with van der Waals surface area (Å²) in [6.07, 6.45) is 0. The van der Waals surface area contributed by atoms with E-state index >= 15 is 0 Å². The zero-order chi connectivity index (χ0) is 37.7. The number of hydrogen-bond acceptors (Lipinski definition) is 14. The van der Waals surface area contributed by atoms with Crippen molar-refractivity contribution in [1.82, 2.24) is 0 Å². The fraction of sp³-hybridized carbons (Fsp3) is 0.111. The molecular weight excluding hydrogens is 787 g/mol. The molecule has 2 N–H and O–H groups in total. The van der Waals surface area contributed by atoms with E-state index in [-0.39, 0.29) is 70.2 Å². The maximum Gasteiger partial charge on any atom is 1.00 e. The Bertz CT molecular complexity index is 2720. The summed E-state index contributed by atoms with van der Waals surface area (Å²) in [5.41, 5.74) is -0.181. The van der Waals surface area contributed by atoms with E-state index in [0.29, 0.717) is 46.6 Å². The quantitative estimate of drug-likeness (QED) is 0.117. The van der Waals surface area contributed by atoms with E-state index in [1.54, 1.807) is 36.4 Å². The van der Waals surface area contributed by atoms with Crippen LogP contribution in [0.3, 0.4) is 0 Å². The Hall–Kier alpha value is -3.59. The number of nitrogens with zero attached hydrogens (tertiary/aromatic N) is 4. The van der Waals surface area contributed by atoms with Crippen molar-refractivity contribution >= 4 is 85.7 Å². The van der Waals surface area contributed by atoms with Crippen molar-refractivity contribution in [3.8, 4) is 11.1 Å². The van der Waals surface area contributed by atoms with E-state index in [9.17, 15) is 34.4 Å². The van der Waals surface area contributed by atoms with Crippen LogP contribution < -0.4 is 69.7 Å². The molecule has 7 rings (SSSR count). The van der Waals surface area contributed by atoms with Crippen molar-refractivity contribution in [3.05, 3.63) is 97.1 Å². The van der Waals surface area contributed by atoms with Crippen molar-refractivity contribution in [2.45, 2.75) is 33.4 Å². The van der Waals surface area contributed by atoms with Crippen molar-refractivity contribution in [3.63, 3.8) is 0 Å². The van der Waals surface area contributed by atoms with Crippen LogP contribution in [0.15, 0.2) is 137 Å². The normalized spacial score (nSPS) is 13.4. The summed E-state index contributed by atoms with van der Waals surface area (Å²) in [6, 6.07) is 26.1. The summed E-state index contributed by atoms with van der Waals surface area (Å²) in [5, 5.41) is 25.8. The fourth-order valence-electron chi connectivity index (χ4n) is 6.40. The van der Waals surface area contributed by atoms with Gasteiger partial charge in [0.05, 0.1) is 21.2 Å². The molecule has 0 fully saturated rings. The number of hydrogen-bond donors (Lipinski definition) is 2. The SMILES string of the molecule is CCNc1ccc2ccccc2c1N=Nc1ccc2c(c1S(=O)(=O)[O-])S(=O)(=O)c1c-2ccc(N=Nc2c(NCC)ccc3ccccc23)c1S(=O)(=O)[O-].[Na+].[Na+]. The predicted molar refractivity (Wildman–Crippen MR) is 198 cm³/mol. The van der Waals surface area contributed by atoms with Gasteiger partial charge in [0.1, 0.15) is 52.8 Å². The standard InChI is InChI=1S/C36H30N6O8S3.2Na/c1-3-37-27-17-13-21-9-5-7-11-23(21)31(27)41-39-29-19-15-25-26-16-20-30(40-42-32-24-12-8-6-10-22(24)14-18-28(32)38-4-2)36(53(48,49)50)34(26)51(43,44)33(25)35(29)52(45,46)47;;/h5-20,37-38H,3-4H2,1-2H3,(H,45,46,47)(H,48,49,50);;/q;2*+1/p-2. The molecule has 0 bridgehead atoms. The number of fused-ring (bicyclic) bond motifs is 5. The molecule has 1 aliphatic rings. The average molecular weight is 815 g/mol. The van der Waals surface area contributed by atoms with Crippen LogP contribution in [0.25, 0.3) is 32.7 Å². The fourth-order valence-corrected chi connectivity index (χ4v) is 10.9. The van der Waals surface area contributed by atoms with Gasteiger partial charge in [0.25, 0.3) is 0 Å². The first-order valence-electron chi connectivity index (χ1n) is 16.1. The number of benzene rings is 6. The van der Waals surface area contributed by atoms with Crippen LogP contribution in [-0.4, -0.2) is 47.4 Å². The van der Waals surface area contributed by atoms with Crippen LogP contribution in [-0.2, 0) is 30.1 Å². The van der Waals surface area contributed by atoms with Gasteiger partial charge in [-0.2, -0.15) is 0 Å². The first-order valence-corrected chi connectivity index (χ1v) is 20.4. The minimum absolute atomic E-state index is 0.